The van der Waals surface area contributed by atoms with Crippen LogP contribution in [0.5, 0.6) is 0 Å². The summed E-state index contributed by atoms with van der Waals surface area (Å²) in [7, 11) is 0. The number of rotatable bonds is 4. The van der Waals surface area contributed by atoms with Crippen LogP contribution >= 0.6 is 0 Å². The van der Waals surface area contributed by atoms with E-state index in [0.717, 1.165) is 22.1 Å². The van der Waals surface area contributed by atoms with Crippen LogP contribution in [0.15, 0.2) is 22.8 Å². The summed E-state index contributed by atoms with van der Waals surface area (Å²) in [5.74, 6) is 0.301. The van der Waals surface area contributed by atoms with E-state index in [1.807, 2.05) is 13.0 Å². The van der Waals surface area contributed by atoms with Gasteiger partial charge in [-0.3, -0.25) is 4.79 Å². The molecule has 1 amide bonds. The smallest absolute Gasteiger partial charge is 0.328 e. The SMILES string of the molecule is Cc1cc2occ(CC(=O)N3Cc4nnc(C)n4CC3C(=O)O)c2cc1C(C)C. The second-order valence-corrected chi connectivity index (χ2v) is 7.95. The van der Waals surface area contributed by atoms with Crippen molar-refractivity contribution in [1.82, 2.24) is 19.7 Å². The fourth-order valence-corrected chi connectivity index (χ4v) is 4.05. The van der Waals surface area contributed by atoms with Crippen molar-refractivity contribution >= 4 is 22.8 Å². The van der Waals surface area contributed by atoms with Crippen LogP contribution in [-0.2, 0) is 29.1 Å². The van der Waals surface area contributed by atoms with Gasteiger partial charge in [0.1, 0.15) is 17.4 Å². The van der Waals surface area contributed by atoms with Crippen LogP contribution < -0.4 is 0 Å². The monoisotopic (exact) mass is 396 g/mol. The quantitative estimate of drug-likeness (QED) is 0.728. The molecule has 1 aliphatic rings. The number of carboxylic acids is 1. The minimum Gasteiger partial charge on any atom is -0.480 e. The fourth-order valence-electron chi connectivity index (χ4n) is 4.05. The number of aromatic nitrogens is 3. The lowest BCUT2D eigenvalue weighted by atomic mass is 9.95. The summed E-state index contributed by atoms with van der Waals surface area (Å²) in [5.41, 5.74) is 3.85. The van der Waals surface area contributed by atoms with Crippen LogP contribution in [0, 0.1) is 13.8 Å². The van der Waals surface area contributed by atoms with E-state index in [1.54, 1.807) is 17.8 Å². The summed E-state index contributed by atoms with van der Waals surface area (Å²) in [6.07, 6.45) is 1.67. The number of aliphatic carboxylic acids is 1. The zero-order valence-corrected chi connectivity index (χ0v) is 17.0. The van der Waals surface area contributed by atoms with E-state index in [-0.39, 0.29) is 25.4 Å². The third-order valence-corrected chi connectivity index (χ3v) is 5.67. The lowest BCUT2D eigenvalue weighted by Crippen LogP contribution is -2.51. The molecule has 0 spiro atoms. The lowest BCUT2D eigenvalue weighted by molar-refractivity contribution is -0.152. The molecule has 1 N–H and O–H groups in total. The zero-order chi connectivity index (χ0) is 20.9. The maximum Gasteiger partial charge on any atom is 0.328 e. The molecule has 152 valence electrons. The van der Waals surface area contributed by atoms with Crippen molar-refractivity contribution in [2.24, 2.45) is 0 Å². The number of carbonyl (C=O) groups excluding carboxylic acids is 1. The molecule has 0 saturated carbocycles. The van der Waals surface area contributed by atoms with Gasteiger partial charge in [-0.15, -0.1) is 10.2 Å². The predicted octanol–water partition coefficient (Wildman–Crippen LogP) is 2.80. The number of carbonyl (C=O) groups is 2. The van der Waals surface area contributed by atoms with Gasteiger partial charge in [0.15, 0.2) is 5.82 Å². The van der Waals surface area contributed by atoms with E-state index >= 15 is 0 Å². The zero-order valence-electron chi connectivity index (χ0n) is 17.0. The van der Waals surface area contributed by atoms with Gasteiger partial charge in [-0.1, -0.05) is 13.8 Å². The van der Waals surface area contributed by atoms with Crippen molar-refractivity contribution in [3.8, 4) is 0 Å². The van der Waals surface area contributed by atoms with Crippen LogP contribution in [0.25, 0.3) is 11.0 Å². The maximum absolute atomic E-state index is 13.1. The Kier molecular flexibility index (Phi) is 4.64. The first kappa shape index (κ1) is 19.2. The Bertz CT molecular complexity index is 1110. The normalized spacial score (nSPS) is 16.4. The van der Waals surface area contributed by atoms with E-state index in [1.165, 1.54) is 10.5 Å². The lowest BCUT2D eigenvalue weighted by Gasteiger charge is -2.33. The second kappa shape index (κ2) is 7.02. The molecular formula is C21H24N4O4. The summed E-state index contributed by atoms with van der Waals surface area (Å²) < 4.78 is 7.43. The van der Waals surface area contributed by atoms with Crippen LogP contribution in [0.4, 0.5) is 0 Å². The largest absolute Gasteiger partial charge is 0.480 e. The van der Waals surface area contributed by atoms with Gasteiger partial charge >= 0.3 is 5.97 Å². The molecular weight excluding hydrogens is 372 g/mol. The summed E-state index contributed by atoms with van der Waals surface area (Å²) in [6, 6.07) is 3.12. The number of amides is 1. The van der Waals surface area contributed by atoms with Gasteiger partial charge in [-0.2, -0.15) is 0 Å². The highest BCUT2D eigenvalue weighted by atomic mass is 16.4. The standard InChI is InChI=1S/C21H24N4O4/c1-11(2)15-7-16-14(10-29-18(16)5-12(15)3)6-20(26)25-9-19-23-22-13(4)24(19)8-17(25)21(27)28/h5,7,10-11,17H,6,8-9H2,1-4H3,(H,27,28). The number of furan rings is 1. The van der Waals surface area contributed by atoms with E-state index in [2.05, 4.69) is 30.1 Å². The Hall–Kier alpha value is -3.16. The molecule has 1 atom stereocenters. The predicted molar refractivity (Wildman–Crippen MR) is 105 cm³/mol. The van der Waals surface area contributed by atoms with E-state index in [4.69, 9.17) is 4.42 Å². The summed E-state index contributed by atoms with van der Waals surface area (Å²) in [5, 5.41) is 18.7. The van der Waals surface area contributed by atoms with Gasteiger partial charge < -0.3 is 19.0 Å². The third kappa shape index (κ3) is 3.28. The number of hydrogen-bond acceptors (Lipinski definition) is 5. The molecule has 1 aliphatic heterocycles. The molecule has 0 saturated heterocycles. The molecule has 0 fully saturated rings. The van der Waals surface area contributed by atoms with Crippen LogP contribution in [0.2, 0.25) is 0 Å². The molecule has 3 aromatic rings. The second-order valence-electron chi connectivity index (χ2n) is 7.95. The molecule has 1 aromatic carbocycles. The maximum atomic E-state index is 13.1. The molecule has 3 heterocycles. The fraction of sp³-hybridized carbons (Fsp3) is 0.429. The third-order valence-electron chi connectivity index (χ3n) is 5.67. The first-order chi connectivity index (χ1) is 13.8. The Morgan fingerprint density at radius 2 is 2.03 bits per heavy atom. The Labute approximate surface area is 168 Å². The van der Waals surface area contributed by atoms with Crippen molar-refractivity contribution in [2.75, 3.05) is 0 Å². The van der Waals surface area contributed by atoms with Gasteiger partial charge in [0, 0.05) is 10.9 Å². The number of carboxylic acid groups (broad SMARTS) is 1. The average molecular weight is 396 g/mol. The molecule has 8 heteroatoms. The topological polar surface area (TPSA) is 101 Å². The van der Waals surface area contributed by atoms with Gasteiger partial charge in [0.25, 0.3) is 0 Å². The van der Waals surface area contributed by atoms with Crippen molar-refractivity contribution in [3.05, 3.63) is 46.7 Å². The molecule has 2 aromatic heterocycles. The van der Waals surface area contributed by atoms with Crippen LogP contribution in [-0.4, -0.2) is 42.7 Å². The van der Waals surface area contributed by atoms with Crippen molar-refractivity contribution in [2.45, 2.75) is 59.2 Å². The van der Waals surface area contributed by atoms with Crippen LogP contribution in [0.1, 0.15) is 48.1 Å². The number of hydrogen-bond donors (Lipinski definition) is 1. The van der Waals surface area contributed by atoms with Crippen molar-refractivity contribution < 1.29 is 19.1 Å². The Morgan fingerprint density at radius 1 is 1.28 bits per heavy atom. The van der Waals surface area contributed by atoms with Crippen molar-refractivity contribution in [3.63, 3.8) is 0 Å². The summed E-state index contributed by atoms with van der Waals surface area (Å²) in [4.78, 5) is 26.3. The first-order valence-electron chi connectivity index (χ1n) is 9.67. The highest BCUT2D eigenvalue weighted by Crippen LogP contribution is 2.30. The van der Waals surface area contributed by atoms with Gasteiger partial charge in [0.2, 0.25) is 5.91 Å². The molecule has 8 nitrogen and oxygen atoms in total. The van der Waals surface area contributed by atoms with Crippen LogP contribution in [0.3, 0.4) is 0 Å². The highest BCUT2D eigenvalue weighted by Gasteiger charge is 2.36. The Balaban J connectivity index is 1.65. The Morgan fingerprint density at radius 3 is 2.72 bits per heavy atom. The van der Waals surface area contributed by atoms with Gasteiger partial charge in [-0.25, -0.2) is 4.79 Å². The van der Waals surface area contributed by atoms with Gasteiger partial charge in [-0.05, 0) is 43.0 Å². The molecule has 29 heavy (non-hydrogen) atoms. The molecule has 0 aliphatic carbocycles. The minimum atomic E-state index is -1.04. The molecule has 0 radical (unpaired) electrons. The number of aryl methyl sites for hydroxylation is 2. The highest BCUT2D eigenvalue weighted by molar-refractivity contribution is 5.90. The van der Waals surface area contributed by atoms with E-state index in [9.17, 15) is 14.7 Å². The van der Waals surface area contributed by atoms with E-state index < -0.39 is 12.0 Å². The number of fused-ring (bicyclic) bond motifs is 2. The molecule has 1 unspecified atom stereocenters. The molecule has 4 rings (SSSR count). The molecule has 0 bridgehead atoms. The summed E-state index contributed by atoms with van der Waals surface area (Å²) >= 11 is 0. The average Bonchev–Trinajstić information content (AvgIpc) is 3.22. The number of nitrogens with zero attached hydrogens (tertiary/aromatic N) is 4. The van der Waals surface area contributed by atoms with Crippen molar-refractivity contribution in [1.29, 1.82) is 0 Å². The van der Waals surface area contributed by atoms with E-state index in [0.29, 0.717) is 17.6 Å². The summed E-state index contributed by atoms with van der Waals surface area (Å²) in [6.45, 7) is 8.36. The first-order valence-corrected chi connectivity index (χ1v) is 9.67. The minimum absolute atomic E-state index is 0.0739. The number of benzene rings is 1. The van der Waals surface area contributed by atoms with Gasteiger partial charge in [0.05, 0.1) is 25.8 Å².